The van der Waals surface area contributed by atoms with Crippen molar-refractivity contribution in [3.05, 3.63) is 23.8 Å². The maximum Gasteiger partial charge on any atom is 0.143 e. The predicted molar refractivity (Wildman–Crippen MR) is 68.4 cm³/mol. The monoisotopic (exact) mass is 236 g/mol. The van der Waals surface area contributed by atoms with Gasteiger partial charge in [0.05, 0.1) is 18.3 Å². The van der Waals surface area contributed by atoms with E-state index >= 15 is 0 Å². The summed E-state index contributed by atoms with van der Waals surface area (Å²) < 4.78 is 5.87. The predicted octanol–water partition coefficient (Wildman–Crippen LogP) is 1.29. The Morgan fingerprint density at radius 3 is 3.00 bits per heavy atom. The van der Waals surface area contributed by atoms with Crippen LogP contribution in [0.4, 0.5) is 5.69 Å². The van der Waals surface area contributed by atoms with Crippen molar-refractivity contribution in [1.82, 2.24) is 0 Å². The lowest BCUT2D eigenvalue weighted by Crippen LogP contribution is -2.37. The van der Waals surface area contributed by atoms with Crippen molar-refractivity contribution < 1.29 is 9.84 Å². The highest BCUT2D eigenvalue weighted by Gasteiger charge is 2.23. The number of rotatable bonds is 3. The molecule has 3 N–H and O–H groups in total. The fourth-order valence-electron chi connectivity index (χ4n) is 2.11. The van der Waals surface area contributed by atoms with E-state index in [1.54, 1.807) is 0 Å². The van der Waals surface area contributed by atoms with E-state index in [2.05, 4.69) is 11.8 Å². The highest BCUT2D eigenvalue weighted by atomic mass is 16.5. The summed E-state index contributed by atoms with van der Waals surface area (Å²) in [4.78, 5) is 2.17. The zero-order valence-corrected chi connectivity index (χ0v) is 10.4. The van der Waals surface area contributed by atoms with E-state index in [4.69, 9.17) is 10.5 Å². The first kappa shape index (κ1) is 12.2. The third-order valence-electron chi connectivity index (χ3n) is 3.23. The molecule has 4 nitrogen and oxygen atoms in total. The zero-order chi connectivity index (χ0) is 12.4. The Balaban J connectivity index is 2.30. The number of nitrogens with zero attached hydrogens (tertiary/aromatic N) is 1. The van der Waals surface area contributed by atoms with Gasteiger partial charge < -0.3 is 20.5 Å². The molecule has 1 aliphatic rings. The largest absolute Gasteiger partial charge is 0.486 e. The van der Waals surface area contributed by atoms with Crippen LogP contribution in [0, 0.1) is 0 Å². The number of ether oxygens (including phenoxy) is 1. The lowest BCUT2D eigenvalue weighted by atomic mass is 10.1. The topological polar surface area (TPSA) is 58.7 Å². The number of aliphatic hydroxyl groups excluding tert-OH is 1. The first-order chi connectivity index (χ1) is 8.15. The average Bonchev–Trinajstić information content (AvgIpc) is 2.37. The Labute approximate surface area is 102 Å². The van der Waals surface area contributed by atoms with Gasteiger partial charge in [-0.3, -0.25) is 0 Å². The maximum absolute atomic E-state index is 9.73. The molecule has 0 spiro atoms. The summed E-state index contributed by atoms with van der Waals surface area (Å²) in [5.74, 6) is 0.888. The number of hydrogen-bond acceptors (Lipinski definition) is 4. The van der Waals surface area contributed by atoms with E-state index in [9.17, 15) is 5.11 Å². The van der Waals surface area contributed by atoms with E-state index in [0.29, 0.717) is 0 Å². The van der Waals surface area contributed by atoms with Gasteiger partial charge in [-0.15, -0.1) is 0 Å². The Kier molecular flexibility index (Phi) is 3.54. The molecule has 1 aromatic carbocycles. The smallest absolute Gasteiger partial charge is 0.143 e. The summed E-state index contributed by atoms with van der Waals surface area (Å²) >= 11 is 0. The van der Waals surface area contributed by atoms with Gasteiger partial charge in [0.25, 0.3) is 0 Å². The van der Waals surface area contributed by atoms with Crippen LogP contribution in [0.3, 0.4) is 0 Å². The molecule has 0 radical (unpaired) electrons. The molecular weight excluding hydrogens is 216 g/mol. The van der Waals surface area contributed by atoms with E-state index in [1.807, 2.05) is 25.2 Å². The molecule has 4 heteroatoms. The second-order valence-corrected chi connectivity index (χ2v) is 4.51. The highest BCUT2D eigenvalue weighted by molar-refractivity contribution is 5.61. The van der Waals surface area contributed by atoms with Crippen LogP contribution in [0.25, 0.3) is 0 Å². The number of fused-ring (bicyclic) bond motifs is 1. The van der Waals surface area contributed by atoms with Gasteiger partial charge in [0, 0.05) is 13.6 Å². The van der Waals surface area contributed by atoms with E-state index in [-0.39, 0.29) is 12.6 Å². The Morgan fingerprint density at radius 2 is 2.35 bits per heavy atom. The van der Waals surface area contributed by atoms with Gasteiger partial charge in [-0.1, -0.05) is 13.0 Å². The molecule has 0 saturated carbocycles. The third kappa shape index (κ3) is 2.37. The molecule has 0 aliphatic carbocycles. The van der Waals surface area contributed by atoms with Gasteiger partial charge in [0.15, 0.2) is 0 Å². The van der Waals surface area contributed by atoms with Crippen molar-refractivity contribution in [2.45, 2.75) is 25.6 Å². The third-order valence-corrected chi connectivity index (χ3v) is 3.23. The van der Waals surface area contributed by atoms with E-state index in [1.165, 1.54) is 0 Å². The van der Waals surface area contributed by atoms with Crippen molar-refractivity contribution in [3.63, 3.8) is 0 Å². The minimum absolute atomic E-state index is 0.237. The normalized spacial score (nSPS) is 20.7. The SMILES string of the molecule is CCC1CN(C)c2cc(C(O)CN)ccc2O1. The van der Waals surface area contributed by atoms with Gasteiger partial charge in [-0.25, -0.2) is 0 Å². The minimum Gasteiger partial charge on any atom is -0.486 e. The number of benzene rings is 1. The second kappa shape index (κ2) is 4.94. The van der Waals surface area contributed by atoms with Gasteiger partial charge >= 0.3 is 0 Å². The first-order valence-corrected chi connectivity index (χ1v) is 6.05. The van der Waals surface area contributed by atoms with Crippen LogP contribution >= 0.6 is 0 Å². The van der Waals surface area contributed by atoms with Gasteiger partial charge in [0.2, 0.25) is 0 Å². The Bertz CT molecular complexity index is 395. The molecular formula is C13H20N2O2. The molecule has 2 unspecified atom stereocenters. The maximum atomic E-state index is 9.73. The Morgan fingerprint density at radius 1 is 1.59 bits per heavy atom. The van der Waals surface area contributed by atoms with Crippen LogP contribution in [-0.2, 0) is 0 Å². The van der Waals surface area contributed by atoms with Crippen LogP contribution in [0.5, 0.6) is 5.75 Å². The summed E-state index contributed by atoms with van der Waals surface area (Å²) in [5, 5.41) is 9.73. The summed E-state index contributed by atoms with van der Waals surface area (Å²) in [6.07, 6.45) is 0.645. The number of anilines is 1. The fraction of sp³-hybridized carbons (Fsp3) is 0.538. The average molecular weight is 236 g/mol. The first-order valence-electron chi connectivity index (χ1n) is 6.05. The summed E-state index contributed by atoms with van der Waals surface area (Å²) in [6.45, 7) is 3.24. The van der Waals surface area contributed by atoms with Crippen LogP contribution in [0.15, 0.2) is 18.2 Å². The van der Waals surface area contributed by atoms with Crippen LogP contribution in [0.1, 0.15) is 25.0 Å². The number of nitrogens with two attached hydrogens (primary N) is 1. The van der Waals surface area contributed by atoms with Gasteiger partial charge in [-0.05, 0) is 24.1 Å². The lowest BCUT2D eigenvalue weighted by molar-refractivity contribution is 0.183. The van der Waals surface area contributed by atoms with Gasteiger partial charge in [0.1, 0.15) is 11.9 Å². The van der Waals surface area contributed by atoms with Crippen molar-refractivity contribution >= 4 is 5.69 Å². The molecule has 2 rings (SSSR count). The van der Waals surface area contributed by atoms with E-state index in [0.717, 1.165) is 30.0 Å². The fourth-order valence-corrected chi connectivity index (χ4v) is 2.11. The molecule has 0 fully saturated rings. The molecule has 94 valence electrons. The molecule has 0 aromatic heterocycles. The lowest BCUT2D eigenvalue weighted by Gasteiger charge is -2.34. The Hall–Kier alpha value is -1.26. The van der Waals surface area contributed by atoms with Crippen molar-refractivity contribution in [2.75, 3.05) is 25.0 Å². The highest BCUT2D eigenvalue weighted by Crippen LogP contribution is 2.35. The van der Waals surface area contributed by atoms with Crippen molar-refractivity contribution in [1.29, 1.82) is 0 Å². The van der Waals surface area contributed by atoms with Crippen molar-refractivity contribution in [2.24, 2.45) is 5.73 Å². The number of likely N-dealkylation sites (N-methyl/N-ethyl adjacent to an activating group) is 1. The van der Waals surface area contributed by atoms with Crippen LogP contribution in [-0.4, -0.2) is 31.3 Å². The second-order valence-electron chi connectivity index (χ2n) is 4.51. The standard InChI is InChI=1S/C13H20N2O2/c1-3-10-8-15(2)11-6-9(12(16)7-14)4-5-13(11)17-10/h4-6,10,12,16H,3,7-8,14H2,1-2H3. The summed E-state index contributed by atoms with van der Waals surface area (Å²) in [5.41, 5.74) is 7.34. The molecule has 1 heterocycles. The molecule has 0 bridgehead atoms. The van der Waals surface area contributed by atoms with Gasteiger partial charge in [-0.2, -0.15) is 0 Å². The number of aliphatic hydroxyl groups is 1. The zero-order valence-electron chi connectivity index (χ0n) is 10.4. The van der Waals surface area contributed by atoms with Crippen LogP contribution < -0.4 is 15.4 Å². The molecule has 17 heavy (non-hydrogen) atoms. The molecule has 1 aromatic rings. The molecule has 0 amide bonds. The minimum atomic E-state index is -0.599. The molecule has 2 atom stereocenters. The quantitative estimate of drug-likeness (QED) is 0.830. The molecule has 0 saturated heterocycles. The number of hydrogen-bond donors (Lipinski definition) is 2. The van der Waals surface area contributed by atoms with E-state index < -0.39 is 6.10 Å². The van der Waals surface area contributed by atoms with Crippen molar-refractivity contribution in [3.8, 4) is 5.75 Å². The summed E-state index contributed by atoms with van der Waals surface area (Å²) in [6, 6.07) is 5.75. The van der Waals surface area contributed by atoms with Crippen LogP contribution in [0.2, 0.25) is 0 Å². The molecule has 1 aliphatic heterocycles. The summed E-state index contributed by atoms with van der Waals surface area (Å²) in [7, 11) is 2.04.